The van der Waals surface area contributed by atoms with Gasteiger partial charge in [-0.15, -0.1) is 0 Å². The summed E-state index contributed by atoms with van der Waals surface area (Å²) in [5.41, 5.74) is 1.02. The largest absolute Gasteiger partial charge is 0.465 e. The van der Waals surface area contributed by atoms with Gasteiger partial charge >= 0.3 is 5.97 Å². The minimum Gasteiger partial charge on any atom is -0.465 e. The smallest absolute Gasteiger partial charge is 0.339 e. The van der Waals surface area contributed by atoms with E-state index in [4.69, 9.17) is 28.6 Å². The van der Waals surface area contributed by atoms with Crippen molar-refractivity contribution in [1.82, 2.24) is 10.2 Å². The highest BCUT2D eigenvalue weighted by Gasteiger charge is 2.21. The minimum atomic E-state index is -0.470. The van der Waals surface area contributed by atoms with E-state index in [0.717, 1.165) is 31.3 Å². The Balaban J connectivity index is 1.74. The SMILES string of the molecule is COC(=O)c1cc(NC(=S)NCCCN2C[C@@H](C)C[C@H](C)C2)ccc1Cl. The predicted molar refractivity (Wildman–Crippen MR) is 111 cm³/mol. The van der Waals surface area contributed by atoms with E-state index in [2.05, 4.69) is 29.4 Å². The molecule has 0 amide bonds. The zero-order valence-corrected chi connectivity index (χ0v) is 17.3. The molecule has 0 spiro atoms. The molecule has 1 aliphatic heterocycles. The second kappa shape index (κ2) is 10.1. The molecule has 1 aromatic carbocycles. The number of thiocarbonyl (C=S) groups is 1. The predicted octanol–water partition coefficient (Wildman–Crippen LogP) is 3.78. The van der Waals surface area contributed by atoms with Crippen molar-refractivity contribution in [2.24, 2.45) is 11.8 Å². The van der Waals surface area contributed by atoms with E-state index >= 15 is 0 Å². The van der Waals surface area contributed by atoms with Crippen molar-refractivity contribution < 1.29 is 9.53 Å². The maximum Gasteiger partial charge on any atom is 0.339 e. The van der Waals surface area contributed by atoms with Crippen molar-refractivity contribution >= 4 is 40.6 Å². The molecular weight excluding hydrogens is 370 g/mol. The van der Waals surface area contributed by atoms with Crippen LogP contribution in [0.25, 0.3) is 0 Å². The van der Waals surface area contributed by atoms with Crippen LogP contribution < -0.4 is 10.6 Å². The number of hydrogen-bond donors (Lipinski definition) is 2. The Hall–Kier alpha value is -1.37. The number of halogens is 1. The van der Waals surface area contributed by atoms with Crippen molar-refractivity contribution in [1.29, 1.82) is 0 Å². The monoisotopic (exact) mass is 397 g/mol. The molecule has 0 aliphatic carbocycles. The maximum absolute atomic E-state index is 11.7. The Morgan fingerprint density at radius 2 is 2.04 bits per heavy atom. The lowest BCUT2D eigenvalue weighted by atomic mass is 9.92. The van der Waals surface area contributed by atoms with E-state index in [0.29, 0.717) is 21.4 Å². The average molecular weight is 398 g/mol. The quantitative estimate of drug-likeness (QED) is 0.433. The number of nitrogens with one attached hydrogen (secondary N) is 2. The van der Waals surface area contributed by atoms with Crippen molar-refractivity contribution in [3.8, 4) is 0 Å². The molecule has 7 heteroatoms. The number of anilines is 1. The Bertz CT molecular complexity index is 631. The van der Waals surface area contributed by atoms with E-state index in [-0.39, 0.29) is 0 Å². The van der Waals surface area contributed by atoms with Gasteiger partial charge in [-0.2, -0.15) is 0 Å². The Morgan fingerprint density at radius 1 is 1.35 bits per heavy atom. The first-order valence-electron chi connectivity index (χ1n) is 9.04. The van der Waals surface area contributed by atoms with Gasteiger partial charge in [0.1, 0.15) is 0 Å². The average Bonchev–Trinajstić information content (AvgIpc) is 2.59. The lowest BCUT2D eigenvalue weighted by Crippen LogP contribution is -2.40. The third kappa shape index (κ3) is 6.41. The molecule has 144 valence electrons. The molecule has 26 heavy (non-hydrogen) atoms. The van der Waals surface area contributed by atoms with Crippen LogP contribution in [0.5, 0.6) is 0 Å². The molecule has 1 heterocycles. The van der Waals surface area contributed by atoms with Crippen molar-refractivity contribution in [2.45, 2.75) is 26.7 Å². The van der Waals surface area contributed by atoms with Crippen LogP contribution in [-0.2, 0) is 4.74 Å². The van der Waals surface area contributed by atoms with Gasteiger partial charge in [-0.25, -0.2) is 4.79 Å². The third-order valence-electron chi connectivity index (χ3n) is 4.51. The summed E-state index contributed by atoms with van der Waals surface area (Å²) in [4.78, 5) is 14.2. The highest BCUT2D eigenvalue weighted by Crippen LogP contribution is 2.22. The highest BCUT2D eigenvalue weighted by molar-refractivity contribution is 7.80. The van der Waals surface area contributed by atoms with Gasteiger partial charge in [0.2, 0.25) is 0 Å². The molecule has 1 aliphatic rings. The molecule has 0 saturated carbocycles. The fraction of sp³-hybridized carbons (Fsp3) is 0.579. The first-order valence-corrected chi connectivity index (χ1v) is 9.82. The first-order chi connectivity index (χ1) is 12.4. The zero-order chi connectivity index (χ0) is 19.1. The van der Waals surface area contributed by atoms with E-state index in [1.807, 2.05) is 0 Å². The Kier molecular flexibility index (Phi) is 8.13. The molecule has 1 saturated heterocycles. The fourth-order valence-corrected chi connectivity index (χ4v) is 3.94. The number of hydrogen-bond acceptors (Lipinski definition) is 4. The van der Waals surface area contributed by atoms with Crippen LogP contribution in [0.1, 0.15) is 37.0 Å². The molecule has 1 aromatic rings. The van der Waals surface area contributed by atoms with Gasteiger partial charge in [0.25, 0.3) is 0 Å². The van der Waals surface area contributed by atoms with E-state index in [1.54, 1.807) is 18.2 Å². The second-order valence-electron chi connectivity index (χ2n) is 7.13. The molecule has 2 N–H and O–H groups in total. The summed E-state index contributed by atoms with van der Waals surface area (Å²) in [5.74, 6) is 1.09. The molecule has 0 aromatic heterocycles. The fourth-order valence-electron chi connectivity index (χ4n) is 3.52. The highest BCUT2D eigenvalue weighted by atomic mass is 35.5. The van der Waals surface area contributed by atoms with Gasteiger partial charge in [-0.05, 0) is 61.6 Å². The molecule has 5 nitrogen and oxygen atoms in total. The van der Waals surface area contributed by atoms with Crippen molar-refractivity contribution in [2.75, 3.05) is 38.6 Å². The summed E-state index contributed by atoms with van der Waals surface area (Å²) in [6.45, 7) is 8.92. The van der Waals surface area contributed by atoms with Crippen LogP contribution >= 0.6 is 23.8 Å². The van der Waals surface area contributed by atoms with Crippen molar-refractivity contribution in [3.63, 3.8) is 0 Å². The standard InChI is InChI=1S/C19H28ClN3O2S/c1-13-9-14(2)12-23(11-13)8-4-7-21-19(26)22-15-5-6-17(20)16(10-15)18(24)25-3/h5-6,10,13-14H,4,7-9,11-12H2,1-3H3,(H2,21,22,26)/t13-,14-/m0/s1. The van der Waals surface area contributed by atoms with Crippen LogP contribution in [0, 0.1) is 11.8 Å². The zero-order valence-electron chi connectivity index (χ0n) is 15.7. The van der Waals surface area contributed by atoms with E-state index in [9.17, 15) is 4.79 Å². The molecule has 1 fully saturated rings. The molecule has 0 radical (unpaired) electrons. The summed E-state index contributed by atoms with van der Waals surface area (Å²) in [5, 5.41) is 7.18. The maximum atomic E-state index is 11.7. The number of piperidine rings is 1. The van der Waals surface area contributed by atoms with Crippen LogP contribution in [0.4, 0.5) is 5.69 Å². The molecule has 2 rings (SSSR count). The number of nitrogens with zero attached hydrogens (tertiary/aromatic N) is 1. The van der Waals surface area contributed by atoms with Gasteiger partial charge < -0.3 is 20.3 Å². The lowest BCUT2D eigenvalue weighted by Gasteiger charge is -2.35. The van der Waals surface area contributed by atoms with Crippen LogP contribution in [0.3, 0.4) is 0 Å². The van der Waals surface area contributed by atoms with E-state index < -0.39 is 5.97 Å². The topological polar surface area (TPSA) is 53.6 Å². The second-order valence-corrected chi connectivity index (χ2v) is 7.94. The summed E-state index contributed by atoms with van der Waals surface area (Å²) < 4.78 is 4.72. The molecular formula is C19H28ClN3O2S. The van der Waals surface area contributed by atoms with E-state index in [1.165, 1.54) is 26.6 Å². The summed E-state index contributed by atoms with van der Waals surface area (Å²) >= 11 is 11.3. The van der Waals surface area contributed by atoms with Crippen LogP contribution in [0.15, 0.2) is 18.2 Å². The van der Waals surface area contributed by atoms with Gasteiger partial charge in [-0.3, -0.25) is 0 Å². The van der Waals surface area contributed by atoms with Gasteiger partial charge in [-0.1, -0.05) is 25.4 Å². The number of carbonyl (C=O) groups excluding carboxylic acids is 1. The van der Waals surface area contributed by atoms with Gasteiger partial charge in [0.15, 0.2) is 5.11 Å². The number of rotatable bonds is 6. The van der Waals surface area contributed by atoms with Gasteiger partial charge in [0, 0.05) is 25.3 Å². The lowest BCUT2D eigenvalue weighted by molar-refractivity contribution is 0.0601. The summed E-state index contributed by atoms with van der Waals surface area (Å²) in [6, 6.07) is 5.06. The minimum absolute atomic E-state index is 0.315. The number of benzene rings is 1. The number of methoxy groups -OCH3 is 1. The number of carbonyl (C=O) groups is 1. The van der Waals surface area contributed by atoms with Crippen LogP contribution in [-0.4, -0.2) is 49.3 Å². The Labute approximate surface area is 166 Å². The number of ether oxygens (including phenoxy) is 1. The number of likely N-dealkylation sites (tertiary alicyclic amines) is 1. The van der Waals surface area contributed by atoms with Gasteiger partial charge in [0.05, 0.1) is 17.7 Å². The Morgan fingerprint density at radius 3 is 2.69 bits per heavy atom. The molecule has 0 unspecified atom stereocenters. The summed E-state index contributed by atoms with van der Waals surface area (Å²) in [7, 11) is 1.33. The molecule has 2 atom stereocenters. The van der Waals surface area contributed by atoms with Crippen molar-refractivity contribution in [3.05, 3.63) is 28.8 Å². The molecule has 0 bridgehead atoms. The number of esters is 1. The summed E-state index contributed by atoms with van der Waals surface area (Å²) in [6.07, 6.45) is 2.37. The third-order valence-corrected chi connectivity index (χ3v) is 5.09. The normalized spacial score (nSPS) is 20.5. The first kappa shape index (κ1) is 20.9. The van der Waals surface area contributed by atoms with Crippen LogP contribution in [0.2, 0.25) is 5.02 Å².